The second-order valence-electron chi connectivity index (χ2n) is 6.79. The number of benzene rings is 1. The molecule has 2 amide bonds. The van der Waals surface area contributed by atoms with Gasteiger partial charge in [0.05, 0.1) is 0 Å². The molecular weight excluding hydrogens is 444 g/mol. The Balaban J connectivity index is 1.70. The van der Waals surface area contributed by atoms with Crippen LogP contribution in [-0.2, 0) is 9.59 Å². The standard InChI is InChI=1S/C17H16Cl3F3N2O3/c1-24(14(27)15(18)8-16(15,19)20)12-5-6-25(13(12)26)10-3-2-4-11(7-10)28-9-17(21,22)23/h2-4,7,12H,5-6,8-9H2,1H3. The molecule has 28 heavy (non-hydrogen) atoms. The fourth-order valence-corrected chi connectivity index (χ4v) is 4.13. The van der Waals surface area contributed by atoms with E-state index in [2.05, 4.69) is 0 Å². The van der Waals surface area contributed by atoms with Crippen molar-refractivity contribution >= 4 is 52.3 Å². The van der Waals surface area contributed by atoms with Gasteiger partial charge in [-0.2, -0.15) is 13.2 Å². The molecule has 1 aromatic carbocycles. The fraction of sp³-hybridized carbons (Fsp3) is 0.529. The molecule has 2 fully saturated rings. The first-order valence-corrected chi connectivity index (χ1v) is 9.44. The van der Waals surface area contributed by atoms with Gasteiger partial charge >= 0.3 is 6.18 Å². The number of rotatable bonds is 5. The Morgan fingerprint density at radius 1 is 1.36 bits per heavy atom. The van der Waals surface area contributed by atoms with Gasteiger partial charge in [-0.1, -0.05) is 29.3 Å². The number of likely N-dealkylation sites (N-methyl/N-ethyl adjacent to an activating group) is 1. The normalized spacial score (nSPS) is 26.3. The van der Waals surface area contributed by atoms with E-state index in [4.69, 9.17) is 39.5 Å². The van der Waals surface area contributed by atoms with E-state index in [-0.39, 0.29) is 24.6 Å². The molecule has 1 saturated carbocycles. The van der Waals surface area contributed by atoms with Crippen molar-refractivity contribution in [1.29, 1.82) is 0 Å². The Hall–Kier alpha value is -1.38. The van der Waals surface area contributed by atoms with Crippen LogP contribution in [0.4, 0.5) is 18.9 Å². The summed E-state index contributed by atoms with van der Waals surface area (Å²) in [7, 11) is 1.45. The van der Waals surface area contributed by atoms with E-state index in [9.17, 15) is 22.8 Å². The second kappa shape index (κ2) is 7.15. The summed E-state index contributed by atoms with van der Waals surface area (Å²) < 4.78 is 40.3. The van der Waals surface area contributed by atoms with Crippen LogP contribution in [0.3, 0.4) is 0 Å². The zero-order chi connectivity index (χ0) is 20.9. The maximum Gasteiger partial charge on any atom is 0.422 e. The van der Waals surface area contributed by atoms with E-state index in [0.717, 1.165) is 0 Å². The average Bonchev–Trinajstić information content (AvgIpc) is 2.94. The average molecular weight is 460 g/mol. The van der Waals surface area contributed by atoms with Gasteiger partial charge < -0.3 is 14.5 Å². The minimum Gasteiger partial charge on any atom is -0.484 e. The van der Waals surface area contributed by atoms with Crippen LogP contribution in [0.2, 0.25) is 0 Å². The number of hydrogen-bond acceptors (Lipinski definition) is 3. The van der Waals surface area contributed by atoms with Crippen molar-refractivity contribution in [2.24, 2.45) is 0 Å². The van der Waals surface area contributed by atoms with E-state index in [0.29, 0.717) is 12.1 Å². The summed E-state index contributed by atoms with van der Waals surface area (Å²) in [6.07, 6.45) is -4.05. The van der Waals surface area contributed by atoms with E-state index >= 15 is 0 Å². The highest BCUT2D eigenvalue weighted by atomic mass is 35.5. The van der Waals surface area contributed by atoms with Crippen LogP contribution in [0.5, 0.6) is 5.75 Å². The van der Waals surface area contributed by atoms with Crippen LogP contribution < -0.4 is 9.64 Å². The highest BCUT2D eigenvalue weighted by Gasteiger charge is 2.72. The Kier molecular flexibility index (Phi) is 5.44. The monoisotopic (exact) mass is 458 g/mol. The van der Waals surface area contributed by atoms with Crippen LogP contribution in [-0.4, -0.2) is 58.3 Å². The summed E-state index contributed by atoms with van der Waals surface area (Å²) in [5, 5.41) is 0. The van der Waals surface area contributed by atoms with Gasteiger partial charge in [-0.3, -0.25) is 9.59 Å². The number of nitrogens with zero attached hydrogens (tertiary/aromatic N) is 2. The third-order valence-electron chi connectivity index (χ3n) is 4.76. The third kappa shape index (κ3) is 4.00. The number of carbonyl (C=O) groups excluding carboxylic acids is 2. The minimum absolute atomic E-state index is 0.0118. The lowest BCUT2D eigenvalue weighted by molar-refractivity contribution is -0.153. The zero-order valence-electron chi connectivity index (χ0n) is 14.6. The van der Waals surface area contributed by atoms with Crippen molar-refractivity contribution in [3.63, 3.8) is 0 Å². The number of ether oxygens (including phenoxy) is 1. The summed E-state index contributed by atoms with van der Waals surface area (Å²) in [4.78, 5) is 26.5. The molecule has 5 nitrogen and oxygen atoms in total. The highest BCUT2D eigenvalue weighted by Crippen LogP contribution is 2.62. The maximum atomic E-state index is 12.8. The minimum atomic E-state index is -4.46. The number of alkyl halides is 6. The summed E-state index contributed by atoms with van der Waals surface area (Å²) >= 11 is 18.0. The van der Waals surface area contributed by atoms with Crippen LogP contribution in [0.15, 0.2) is 24.3 Å². The molecule has 0 N–H and O–H groups in total. The van der Waals surface area contributed by atoms with Crippen molar-refractivity contribution < 1.29 is 27.5 Å². The predicted octanol–water partition coefficient (Wildman–Crippen LogP) is 3.75. The molecular formula is C17H16Cl3F3N2O3. The van der Waals surface area contributed by atoms with Crippen molar-refractivity contribution in [2.75, 3.05) is 25.1 Å². The second-order valence-corrected chi connectivity index (χ2v) is 8.92. The first-order chi connectivity index (χ1) is 12.9. The molecule has 0 spiro atoms. The van der Waals surface area contributed by atoms with Gasteiger partial charge in [0, 0.05) is 31.8 Å². The predicted molar refractivity (Wildman–Crippen MR) is 99.2 cm³/mol. The molecule has 11 heteroatoms. The van der Waals surface area contributed by atoms with Gasteiger partial charge in [0.25, 0.3) is 0 Å². The first-order valence-electron chi connectivity index (χ1n) is 8.31. The molecule has 1 aromatic rings. The number of amides is 2. The van der Waals surface area contributed by atoms with E-state index in [1.807, 2.05) is 0 Å². The van der Waals surface area contributed by atoms with Crippen LogP contribution in [0.25, 0.3) is 0 Å². The van der Waals surface area contributed by atoms with Crippen molar-refractivity contribution in [3.8, 4) is 5.75 Å². The summed E-state index contributed by atoms with van der Waals surface area (Å²) in [5.74, 6) is -0.927. The molecule has 3 rings (SSSR count). The Bertz CT molecular complexity index is 805. The van der Waals surface area contributed by atoms with Crippen molar-refractivity contribution in [2.45, 2.75) is 34.3 Å². The lowest BCUT2D eigenvalue weighted by Crippen LogP contribution is -2.47. The molecule has 1 heterocycles. The maximum absolute atomic E-state index is 12.8. The molecule has 154 valence electrons. The van der Waals surface area contributed by atoms with Crippen LogP contribution in [0, 0.1) is 0 Å². The largest absolute Gasteiger partial charge is 0.484 e. The molecule has 0 radical (unpaired) electrons. The topological polar surface area (TPSA) is 49.9 Å². The third-order valence-corrected chi connectivity index (χ3v) is 6.48. The number of halogens is 6. The number of anilines is 1. The molecule has 1 saturated heterocycles. The van der Waals surface area contributed by atoms with Crippen LogP contribution in [0.1, 0.15) is 12.8 Å². The summed E-state index contributed by atoms with van der Waals surface area (Å²) in [5.41, 5.74) is 0.379. The Morgan fingerprint density at radius 2 is 2.00 bits per heavy atom. The molecule has 2 unspecified atom stereocenters. The molecule has 0 bridgehead atoms. The number of carbonyl (C=O) groups is 2. The van der Waals surface area contributed by atoms with E-state index in [1.165, 1.54) is 35.0 Å². The lowest BCUT2D eigenvalue weighted by Gasteiger charge is -2.26. The fourth-order valence-electron chi connectivity index (χ4n) is 3.10. The Morgan fingerprint density at radius 3 is 2.57 bits per heavy atom. The quantitative estimate of drug-likeness (QED) is 0.630. The van der Waals surface area contributed by atoms with Gasteiger partial charge in [-0.25, -0.2) is 0 Å². The Labute approximate surface area is 174 Å². The van der Waals surface area contributed by atoms with E-state index < -0.39 is 33.9 Å². The van der Waals surface area contributed by atoms with Crippen LogP contribution >= 0.6 is 34.8 Å². The molecule has 2 atom stereocenters. The lowest BCUT2D eigenvalue weighted by atomic mass is 10.2. The highest BCUT2D eigenvalue weighted by molar-refractivity contribution is 6.62. The number of hydrogen-bond donors (Lipinski definition) is 0. The molecule has 1 aliphatic heterocycles. The molecule has 0 aromatic heterocycles. The first kappa shape index (κ1) is 21.3. The van der Waals surface area contributed by atoms with E-state index in [1.54, 1.807) is 6.07 Å². The van der Waals surface area contributed by atoms with Crippen molar-refractivity contribution in [1.82, 2.24) is 4.90 Å². The van der Waals surface area contributed by atoms with Crippen molar-refractivity contribution in [3.05, 3.63) is 24.3 Å². The summed E-state index contributed by atoms with van der Waals surface area (Å²) in [6.45, 7) is -1.15. The van der Waals surface area contributed by atoms with Gasteiger partial charge in [0.1, 0.15) is 16.1 Å². The van der Waals surface area contributed by atoms with Gasteiger partial charge in [0.2, 0.25) is 11.8 Å². The zero-order valence-corrected chi connectivity index (χ0v) is 16.9. The smallest absolute Gasteiger partial charge is 0.422 e. The van der Waals surface area contributed by atoms with Gasteiger partial charge in [-0.05, 0) is 18.6 Å². The van der Waals surface area contributed by atoms with Gasteiger partial charge in [-0.15, -0.1) is 11.6 Å². The SMILES string of the molecule is CN(C(=O)C1(Cl)CC1(Cl)Cl)C1CCN(c2cccc(OCC(F)(F)F)c2)C1=O. The van der Waals surface area contributed by atoms with Gasteiger partial charge in [0.15, 0.2) is 11.5 Å². The molecule has 2 aliphatic rings. The molecule has 1 aliphatic carbocycles. The summed E-state index contributed by atoms with van der Waals surface area (Å²) in [6, 6.07) is 5.01.